The molecular formula is C108H89N10O10+5. The molecule has 0 saturated heterocycles. The SMILES string of the molecule is Cc1cc(-c2c(C)ccc3c2oc2c4ccccc4oc32)[n+](C)cn1.Cc1cc(-c2cc3oc4oc5ccccc5c4c3cc2C)[n+](C)cn1.Cc1cc2c(cc1-c1cc(C3CCCCC3)nc[n+]1C)oc1oc3ccccc3c12.Cc1cc2c(cc1-c1ccnc[n+]1C)oc1oc3ccccc3c12.Cc1ccc2c(oc3c4ccccc4oc23)c1-c1ccnc[n+]1C. The lowest BCUT2D eigenvalue weighted by Gasteiger charge is -2.19. The highest BCUT2D eigenvalue weighted by atomic mass is 16.5. The molecular weight excluding hydrogens is 1600 g/mol. The predicted molar refractivity (Wildman–Crippen MR) is 498 cm³/mol. The van der Waals surface area contributed by atoms with Crippen LogP contribution in [0.1, 0.15) is 82.9 Å². The highest BCUT2D eigenvalue weighted by molar-refractivity contribution is 6.21. The van der Waals surface area contributed by atoms with Gasteiger partial charge >= 0.3 is 0 Å². The molecule has 0 bridgehead atoms. The Bertz CT molecular complexity index is 8770. The van der Waals surface area contributed by atoms with E-state index in [0.29, 0.717) is 23.3 Å². The second-order valence-corrected chi connectivity index (χ2v) is 33.9. The van der Waals surface area contributed by atoms with E-state index in [1.165, 1.54) is 65.7 Å². The molecule has 10 aromatic carbocycles. The Morgan fingerprint density at radius 1 is 0.258 bits per heavy atom. The van der Waals surface area contributed by atoms with Crippen LogP contribution in [-0.4, -0.2) is 24.9 Å². The number of aromatic nitrogens is 10. The maximum Gasteiger partial charge on any atom is 0.299 e. The summed E-state index contributed by atoms with van der Waals surface area (Å²) in [5.41, 5.74) is 32.1. The van der Waals surface area contributed by atoms with Gasteiger partial charge in [-0.3, -0.25) is 0 Å². The predicted octanol–water partition coefficient (Wildman–Crippen LogP) is 25.3. The van der Waals surface area contributed by atoms with E-state index in [4.69, 9.17) is 49.2 Å². The minimum Gasteiger partial charge on any atom is -0.452 e. The van der Waals surface area contributed by atoms with Crippen molar-refractivity contribution < 1.29 is 67.0 Å². The van der Waals surface area contributed by atoms with Gasteiger partial charge in [-0.25, -0.2) is 22.8 Å². The van der Waals surface area contributed by atoms with Crippen molar-refractivity contribution in [1.82, 2.24) is 24.9 Å². The minimum absolute atomic E-state index is 0.583. The van der Waals surface area contributed by atoms with Gasteiger partial charge in [-0.1, -0.05) is 135 Å². The van der Waals surface area contributed by atoms with Crippen LogP contribution in [-0.2, 0) is 35.2 Å². The number of aryl methyl sites for hydroxylation is 12. The quantitative estimate of drug-likeness (QED) is 0.142. The number of rotatable bonds is 6. The molecule has 15 heterocycles. The Balaban J connectivity index is 0.0000000945. The van der Waals surface area contributed by atoms with Crippen molar-refractivity contribution in [3.8, 4) is 56.3 Å². The average molecular weight is 1690 g/mol. The summed E-state index contributed by atoms with van der Waals surface area (Å²) >= 11 is 0. The molecule has 0 amide bonds. The molecule has 0 atom stereocenters. The van der Waals surface area contributed by atoms with Crippen molar-refractivity contribution in [3.63, 3.8) is 0 Å². The minimum atomic E-state index is 0.583. The van der Waals surface area contributed by atoms with Gasteiger partial charge in [0.15, 0.2) is 50.6 Å². The van der Waals surface area contributed by atoms with Crippen molar-refractivity contribution in [3.05, 3.63) is 301 Å². The van der Waals surface area contributed by atoms with E-state index in [2.05, 4.69) is 163 Å². The van der Waals surface area contributed by atoms with Gasteiger partial charge in [0.25, 0.3) is 49.0 Å². The number of benzene rings is 10. The zero-order valence-electron chi connectivity index (χ0n) is 72.9. The van der Waals surface area contributed by atoms with Crippen molar-refractivity contribution in [2.45, 2.75) is 86.5 Å². The van der Waals surface area contributed by atoms with Crippen LogP contribution in [0, 0.1) is 48.5 Å². The van der Waals surface area contributed by atoms with Crippen LogP contribution in [0.2, 0.25) is 0 Å². The third-order valence-electron chi connectivity index (χ3n) is 25.4. The fraction of sp³-hybridized carbons (Fsp3) is 0.167. The molecule has 626 valence electrons. The first-order chi connectivity index (χ1) is 62.4. The molecule has 25 aromatic rings. The topological polar surface area (TPSA) is 215 Å². The second-order valence-electron chi connectivity index (χ2n) is 33.9. The monoisotopic (exact) mass is 1690 g/mol. The Morgan fingerprint density at radius 3 is 1.04 bits per heavy atom. The van der Waals surface area contributed by atoms with Crippen molar-refractivity contribution in [1.29, 1.82) is 0 Å². The van der Waals surface area contributed by atoms with E-state index >= 15 is 0 Å². The van der Waals surface area contributed by atoms with Crippen molar-refractivity contribution in [2.24, 2.45) is 35.2 Å². The zero-order chi connectivity index (χ0) is 87.0. The molecule has 20 nitrogen and oxygen atoms in total. The molecule has 1 aliphatic carbocycles. The lowest BCUT2D eigenvalue weighted by Crippen LogP contribution is -2.32. The van der Waals surface area contributed by atoms with Gasteiger partial charge in [0.2, 0.25) is 0 Å². The third-order valence-corrected chi connectivity index (χ3v) is 25.4. The van der Waals surface area contributed by atoms with Gasteiger partial charge in [0.05, 0.1) is 84.1 Å². The molecule has 26 rings (SSSR count). The van der Waals surface area contributed by atoms with Crippen LogP contribution in [0.25, 0.3) is 222 Å². The number of furan rings is 10. The summed E-state index contributed by atoms with van der Waals surface area (Å²) in [6.45, 7) is 14.6. The highest BCUT2D eigenvalue weighted by Crippen LogP contribution is 2.47. The number of nitrogens with zero attached hydrogens (tertiary/aromatic N) is 10. The fourth-order valence-electron chi connectivity index (χ4n) is 18.9. The molecule has 0 N–H and O–H groups in total. The van der Waals surface area contributed by atoms with Crippen LogP contribution < -0.4 is 22.8 Å². The molecule has 0 unspecified atom stereocenters. The lowest BCUT2D eigenvalue weighted by atomic mass is 9.86. The van der Waals surface area contributed by atoms with E-state index in [1.54, 1.807) is 25.0 Å². The summed E-state index contributed by atoms with van der Waals surface area (Å²) < 4.78 is 70.9. The van der Waals surface area contributed by atoms with Gasteiger partial charge in [0.1, 0.15) is 85.5 Å². The maximum absolute atomic E-state index is 6.34. The van der Waals surface area contributed by atoms with Crippen LogP contribution in [0.15, 0.2) is 301 Å². The highest BCUT2D eigenvalue weighted by Gasteiger charge is 2.30. The zero-order valence-corrected chi connectivity index (χ0v) is 72.9. The average Bonchev–Trinajstić information content (AvgIpc) is 1.55. The van der Waals surface area contributed by atoms with Crippen molar-refractivity contribution in [2.75, 3.05) is 0 Å². The smallest absolute Gasteiger partial charge is 0.299 e. The molecule has 0 radical (unpaired) electrons. The summed E-state index contributed by atoms with van der Waals surface area (Å²) in [6, 6.07) is 72.0. The Hall–Kier alpha value is -15.7. The number of fused-ring (bicyclic) bond motifs is 25. The van der Waals surface area contributed by atoms with Crippen LogP contribution >= 0.6 is 0 Å². The molecule has 1 saturated carbocycles. The Labute approximate surface area is 732 Å². The number of hydrogen-bond acceptors (Lipinski definition) is 15. The van der Waals surface area contributed by atoms with Crippen LogP contribution in [0.3, 0.4) is 0 Å². The Kier molecular flexibility index (Phi) is 19.1. The van der Waals surface area contributed by atoms with Gasteiger partial charge < -0.3 is 44.2 Å². The molecule has 0 aliphatic heterocycles. The van der Waals surface area contributed by atoms with E-state index < -0.39 is 0 Å². The summed E-state index contributed by atoms with van der Waals surface area (Å²) in [5, 5.41) is 13.8. The second kappa shape index (κ2) is 31.2. The third kappa shape index (κ3) is 13.3. The number of para-hydroxylation sites is 5. The molecule has 128 heavy (non-hydrogen) atoms. The largest absolute Gasteiger partial charge is 0.452 e. The normalized spacial score (nSPS) is 12.7. The van der Waals surface area contributed by atoms with E-state index in [0.717, 1.165) is 216 Å². The summed E-state index contributed by atoms with van der Waals surface area (Å²) in [7, 11) is 10.1. The van der Waals surface area contributed by atoms with Crippen LogP contribution in [0.5, 0.6) is 0 Å². The molecule has 20 heteroatoms. The fourth-order valence-corrected chi connectivity index (χ4v) is 18.9. The first-order valence-electron chi connectivity index (χ1n) is 43.2. The summed E-state index contributed by atoms with van der Waals surface area (Å²) in [4.78, 5) is 21.8. The summed E-state index contributed by atoms with van der Waals surface area (Å²) in [6.07, 6.45) is 19.3. The van der Waals surface area contributed by atoms with Gasteiger partial charge in [-0.15, -0.1) is 0 Å². The van der Waals surface area contributed by atoms with Gasteiger partial charge in [0, 0.05) is 99.1 Å². The lowest BCUT2D eigenvalue weighted by molar-refractivity contribution is -0.663. The van der Waals surface area contributed by atoms with Crippen LogP contribution in [0.4, 0.5) is 0 Å². The van der Waals surface area contributed by atoms with Gasteiger partial charge in [-0.05, 0) is 166 Å². The van der Waals surface area contributed by atoms with Gasteiger partial charge in [-0.2, -0.15) is 0 Å². The first-order valence-corrected chi connectivity index (χ1v) is 43.2. The maximum atomic E-state index is 6.34. The standard InChI is InChI=1S/C26H25N2O2.2C21H17N2O2.2C20H15N2O2/c1-16-12-20-24(30-26-25(20)18-10-6-7-11-23(18)29-26)13-19(16)22-14-21(27-15-28(22)2)17-8-4-3-5-9-17;1-12-8-16-19(10-15(12)17-9-13(2)22-11-23(17)3)25-21-20(16)14-6-4-5-7-18(14)24-21;1-12-8-9-15-19(18(12)16-10-13(2)22-11-23(16)3)25-20-14-6-4-5-7-17(14)24-21(15)20;1-12-9-15-18(10-14(12)16-7-8-21-11-22(16)2)24-20-19(15)13-5-3-4-6-17(13)23-20;1-12-7-8-14-18(17(12)15-9-10-21-11-22(15)2)24-19-13-5-3-4-6-16(13)23-20(14)19/h6-7,10-15,17H,3-5,8-9H2,1-2H3;2*4-11H,1-3H3;2*3-11H,1-2H3/q5*+1. The van der Waals surface area contributed by atoms with E-state index in [1.807, 2.05) is 195 Å². The van der Waals surface area contributed by atoms with Crippen molar-refractivity contribution >= 4 is 166 Å². The molecule has 0 spiro atoms. The Morgan fingerprint density at radius 2 is 0.602 bits per heavy atom. The van der Waals surface area contributed by atoms with E-state index in [-0.39, 0.29) is 0 Å². The molecule has 15 aromatic heterocycles. The molecule has 1 fully saturated rings. The first kappa shape index (κ1) is 78.3. The van der Waals surface area contributed by atoms with E-state index in [9.17, 15) is 0 Å². The molecule has 1 aliphatic rings. The number of hydrogen-bond donors (Lipinski definition) is 0. The summed E-state index contributed by atoms with van der Waals surface area (Å²) in [5.74, 6) is 2.36.